The molecule has 0 aromatic heterocycles. The van der Waals surface area contributed by atoms with E-state index in [-0.39, 0.29) is 38.4 Å². The Morgan fingerprint density at radius 3 is 0.815 bits per heavy atom. The molecular formula is C75H108O6. The molecule has 0 fully saturated rings. The number of ether oxygens (including phenoxy) is 3. The Hall–Kier alpha value is -6.53. The van der Waals surface area contributed by atoms with E-state index >= 15 is 0 Å². The molecule has 0 spiro atoms. The van der Waals surface area contributed by atoms with Gasteiger partial charge >= 0.3 is 17.9 Å². The fourth-order valence-corrected chi connectivity index (χ4v) is 7.19. The van der Waals surface area contributed by atoms with Crippen molar-refractivity contribution in [1.82, 2.24) is 0 Å². The summed E-state index contributed by atoms with van der Waals surface area (Å²) in [7, 11) is 0. The summed E-state index contributed by atoms with van der Waals surface area (Å²) >= 11 is 0. The fourth-order valence-electron chi connectivity index (χ4n) is 7.19. The first-order chi connectivity index (χ1) is 40.0. The number of hydrogen-bond acceptors (Lipinski definition) is 6. The lowest BCUT2D eigenvalue weighted by molar-refractivity contribution is -0.166. The van der Waals surface area contributed by atoms with Crippen LogP contribution in [0.1, 0.15) is 201 Å². The Bertz CT molecular complexity index is 2090. The first-order valence-corrected chi connectivity index (χ1v) is 30.9. The zero-order valence-electron chi connectivity index (χ0n) is 50.7. The van der Waals surface area contributed by atoms with Crippen LogP contribution < -0.4 is 0 Å². The minimum atomic E-state index is -0.877. The molecule has 6 heteroatoms. The van der Waals surface area contributed by atoms with Gasteiger partial charge in [0.2, 0.25) is 0 Å². The predicted octanol–water partition coefficient (Wildman–Crippen LogP) is 21.5. The van der Waals surface area contributed by atoms with Gasteiger partial charge in [-0.15, -0.1) is 0 Å². The van der Waals surface area contributed by atoms with E-state index in [0.29, 0.717) is 19.3 Å². The first kappa shape index (κ1) is 74.5. The number of esters is 3. The molecule has 0 radical (unpaired) electrons. The van der Waals surface area contributed by atoms with Crippen molar-refractivity contribution >= 4 is 17.9 Å². The third-order valence-electron chi connectivity index (χ3n) is 11.7. The van der Waals surface area contributed by atoms with Crippen LogP contribution in [0.15, 0.2) is 231 Å². The minimum Gasteiger partial charge on any atom is -0.462 e. The summed E-state index contributed by atoms with van der Waals surface area (Å²) in [5, 5.41) is 0. The highest BCUT2D eigenvalue weighted by atomic mass is 16.6. The molecule has 1 atom stereocenters. The summed E-state index contributed by atoms with van der Waals surface area (Å²) < 4.78 is 16.7. The second kappa shape index (κ2) is 66.0. The van der Waals surface area contributed by atoms with E-state index in [4.69, 9.17) is 14.2 Å². The van der Waals surface area contributed by atoms with Crippen molar-refractivity contribution in [3.8, 4) is 0 Å². The average Bonchev–Trinajstić information content (AvgIpc) is 3.47. The van der Waals surface area contributed by atoms with Crippen molar-refractivity contribution in [3.63, 3.8) is 0 Å². The Morgan fingerprint density at radius 2 is 0.506 bits per heavy atom. The molecule has 0 saturated heterocycles. The van der Waals surface area contributed by atoms with Crippen LogP contribution in [0.5, 0.6) is 0 Å². The topological polar surface area (TPSA) is 78.9 Å². The smallest absolute Gasteiger partial charge is 0.309 e. The first-order valence-electron chi connectivity index (χ1n) is 30.9. The molecule has 0 rings (SSSR count). The van der Waals surface area contributed by atoms with E-state index < -0.39 is 18.0 Å². The molecule has 0 heterocycles. The molecule has 6 nitrogen and oxygen atoms in total. The highest BCUT2D eigenvalue weighted by Gasteiger charge is 2.19. The number of carbonyl (C=O) groups is 3. The molecular weight excluding hydrogens is 997 g/mol. The zero-order chi connectivity index (χ0) is 58.5. The Kier molecular flexibility index (Phi) is 60.7. The minimum absolute atomic E-state index is 0.0952. The van der Waals surface area contributed by atoms with E-state index in [2.05, 4.69) is 240 Å². The Labute approximate surface area is 494 Å². The van der Waals surface area contributed by atoms with Crippen LogP contribution in [-0.4, -0.2) is 37.2 Å². The standard InChI is InChI=1S/C75H108O6/c1-4-7-10-13-16-19-22-25-28-30-32-33-34-35-36-37-38-39-40-41-43-44-47-50-53-56-59-62-65-68-74(77)80-71-72(70-79-73(76)67-64-61-58-55-52-49-46-27-24-21-18-15-12-9-6-3)81-75(78)69-66-63-60-57-54-51-48-45-42-31-29-26-23-20-17-14-11-8-5-2/h7-12,16-21,25-29,32-33,35-36,38-39,41-43,45-47,50-52,54-56,59,61,64,72H,4-6,13-15,22-24,30-31,34,37,40,44,48-49,53,57-58,60,62-63,65-71H2,1-3H3/b10-7-,11-8-,12-9-,19-16-,20-17-,21-18-,28-25-,29-26-,33-32-,36-35-,39-38-,43-41-,45-42-,46-27-,50-47-,54-51-,55-52-,59-56-,64-61-. The summed E-state index contributed by atoms with van der Waals surface area (Å²) in [5.41, 5.74) is 0. The quantitative estimate of drug-likeness (QED) is 0.0261. The van der Waals surface area contributed by atoms with Gasteiger partial charge in [0.1, 0.15) is 13.2 Å². The monoisotopic (exact) mass is 1100 g/mol. The number of carbonyl (C=O) groups excluding carboxylic acids is 3. The van der Waals surface area contributed by atoms with Crippen LogP contribution in [0, 0.1) is 0 Å². The summed E-state index contributed by atoms with van der Waals surface area (Å²) in [5.74, 6) is -1.20. The summed E-state index contributed by atoms with van der Waals surface area (Å²) in [6.45, 7) is 6.10. The van der Waals surface area contributed by atoms with E-state index in [1.54, 1.807) is 6.08 Å². The Morgan fingerprint density at radius 1 is 0.259 bits per heavy atom. The molecule has 0 aliphatic heterocycles. The normalized spacial score (nSPS) is 13.8. The van der Waals surface area contributed by atoms with E-state index in [9.17, 15) is 14.4 Å². The van der Waals surface area contributed by atoms with E-state index in [1.165, 1.54) is 0 Å². The van der Waals surface area contributed by atoms with Crippen molar-refractivity contribution in [2.75, 3.05) is 13.2 Å². The second-order valence-corrected chi connectivity index (χ2v) is 19.1. The van der Waals surface area contributed by atoms with Gasteiger partial charge in [0.25, 0.3) is 0 Å². The highest BCUT2D eigenvalue weighted by Crippen LogP contribution is 2.10. The van der Waals surface area contributed by atoms with Gasteiger partial charge in [-0.25, -0.2) is 0 Å². The maximum Gasteiger partial charge on any atom is 0.309 e. The van der Waals surface area contributed by atoms with Crippen LogP contribution in [0.3, 0.4) is 0 Å². The van der Waals surface area contributed by atoms with Gasteiger partial charge in [-0.3, -0.25) is 14.4 Å². The molecule has 0 aromatic rings. The lowest BCUT2D eigenvalue weighted by Crippen LogP contribution is -2.30. The maximum absolute atomic E-state index is 12.9. The van der Waals surface area contributed by atoms with Crippen LogP contribution in [-0.2, 0) is 28.6 Å². The number of allylic oxidation sites excluding steroid dienone is 37. The predicted molar refractivity (Wildman–Crippen MR) is 352 cm³/mol. The molecule has 0 aliphatic carbocycles. The molecule has 0 bridgehead atoms. The molecule has 81 heavy (non-hydrogen) atoms. The van der Waals surface area contributed by atoms with Gasteiger partial charge in [0.15, 0.2) is 6.10 Å². The largest absolute Gasteiger partial charge is 0.462 e. The SMILES string of the molecule is CC/C=C\C/C=C\C/C=C\C/C=C\C/C=C\C/C=C\C/C=C\C/C=C\C/C=C\CCCC(=O)OCC(COC(=O)C/C=C\C/C=C\C/C=C\C/C=C\C/C=C\CC)OC(=O)CCCCC/C=C\C/C=C\C/C=C\C/C=C\C/C=C\CC. The van der Waals surface area contributed by atoms with Crippen molar-refractivity contribution in [1.29, 1.82) is 0 Å². The van der Waals surface area contributed by atoms with Gasteiger partial charge in [-0.05, 0) is 154 Å². The summed E-state index contributed by atoms with van der Waals surface area (Å²) in [6.07, 6.45) is 105. The van der Waals surface area contributed by atoms with Crippen molar-refractivity contribution in [2.24, 2.45) is 0 Å². The molecule has 1 unspecified atom stereocenters. The second-order valence-electron chi connectivity index (χ2n) is 19.1. The van der Waals surface area contributed by atoms with Crippen LogP contribution >= 0.6 is 0 Å². The van der Waals surface area contributed by atoms with E-state index in [0.717, 1.165) is 141 Å². The molecule has 0 amide bonds. The summed E-state index contributed by atoms with van der Waals surface area (Å²) in [6, 6.07) is 0. The lowest BCUT2D eigenvalue weighted by atomic mass is 10.1. The third-order valence-corrected chi connectivity index (χ3v) is 11.7. The molecule has 0 N–H and O–H groups in total. The third kappa shape index (κ3) is 64.2. The van der Waals surface area contributed by atoms with Crippen molar-refractivity contribution in [2.45, 2.75) is 207 Å². The van der Waals surface area contributed by atoms with Gasteiger partial charge in [-0.2, -0.15) is 0 Å². The lowest BCUT2D eigenvalue weighted by Gasteiger charge is -2.18. The summed E-state index contributed by atoms with van der Waals surface area (Å²) in [4.78, 5) is 38.2. The van der Waals surface area contributed by atoms with Gasteiger partial charge < -0.3 is 14.2 Å². The zero-order valence-corrected chi connectivity index (χ0v) is 50.7. The van der Waals surface area contributed by atoms with Crippen LogP contribution in [0.2, 0.25) is 0 Å². The van der Waals surface area contributed by atoms with Gasteiger partial charge in [0, 0.05) is 12.8 Å². The highest BCUT2D eigenvalue weighted by molar-refractivity contribution is 5.72. The van der Waals surface area contributed by atoms with Gasteiger partial charge in [0.05, 0.1) is 6.42 Å². The van der Waals surface area contributed by atoms with Crippen molar-refractivity contribution < 1.29 is 28.6 Å². The van der Waals surface area contributed by atoms with E-state index in [1.807, 2.05) is 6.08 Å². The fraction of sp³-hybridized carbons (Fsp3) is 0.453. The Balaban J connectivity index is 4.64. The van der Waals surface area contributed by atoms with Crippen molar-refractivity contribution in [3.05, 3.63) is 231 Å². The molecule has 0 aliphatic rings. The molecule has 444 valence electrons. The van der Waals surface area contributed by atoms with Crippen LogP contribution in [0.4, 0.5) is 0 Å². The van der Waals surface area contributed by atoms with Crippen LogP contribution in [0.25, 0.3) is 0 Å². The molecule has 0 saturated carbocycles. The average molecular weight is 1110 g/mol. The number of rotatable bonds is 52. The molecule has 0 aromatic carbocycles. The maximum atomic E-state index is 12.9. The van der Waals surface area contributed by atoms with Gasteiger partial charge in [-0.1, -0.05) is 258 Å². The number of unbranched alkanes of at least 4 members (excludes halogenated alkanes) is 4. The number of hydrogen-bond donors (Lipinski definition) is 0.